The van der Waals surface area contributed by atoms with Gasteiger partial charge in [-0.3, -0.25) is 9.59 Å². The summed E-state index contributed by atoms with van der Waals surface area (Å²) in [7, 11) is 0. The minimum Gasteiger partial charge on any atom is -0.479 e. The molecule has 7 heteroatoms. The molecule has 1 aromatic rings. The number of rotatable bonds is 6. The number of aliphatic carboxylic acids is 1. The normalized spacial score (nSPS) is 20.1. The molecular formula is C18H24N2O5. The SMILES string of the molecule is CCC(C)(C)NC(=O)c1ccc(NC(=O)[C@@H]2CC[C@H](C(=O)O)O2)cc1. The zero-order chi connectivity index (χ0) is 18.6. The maximum Gasteiger partial charge on any atom is 0.332 e. The maximum absolute atomic E-state index is 12.2. The summed E-state index contributed by atoms with van der Waals surface area (Å²) in [5.41, 5.74) is 0.742. The maximum atomic E-state index is 12.2. The fourth-order valence-corrected chi connectivity index (χ4v) is 2.41. The van der Waals surface area contributed by atoms with Gasteiger partial charge < -0.3 is 20.5 Å². The number of anilines is 1. The molecule has 0 radical (unpaired) electrons. The lowest BCUT2D eigenvalue weighted by Gasteiger charge is -2.24. The van der Waals surface area contributed by atoms with Gasteiger partial charge in [-0.1, -0.05) is 6.92 Å². The van der Waals surface area contributed by atoms with E-state index in [9.17, 15) is 14.4 Å². The Kier molecular flexibility index (Phi) is 5.79. The largest absolute Gasteiger partial charge is 0.479 e. The number of hydrogen-bond donors (Lipinski definition) is 3. The summed E-state index contributed by atoms with van der Waals surface area (Å²) in [6, 6.07) is 6.53. The van der Waals surface area contributed by atoms with Gasteiger partial charge in [0.05, 0.1) is 0 Å². The Hall–Kier alpha value is -2.41. The zero-order valence-corrected chi connectivity index (χ0v) is 14.7. The molecule has 0 aliphatic carbocycles. The lowest BCUT2D eigenvalue weighted by molar-refractivity contribution is -0.150. The van der Waals surface area contributed by atoms with Gasteiger partial charge in [-0.15, -0.1) is 0 Å². The lowest BCUT2D eigenvalue weighted by atomic mass is 10.0. The highest BCUT2D eigenvalue weighted by molar-refractivity contribution is 5.97. The van der Waals surface area contributed by atoms with Gasteiger partial charge in [0.25, 0.3) is 11.8 Å². The Bertz CT molecular complexity index is 654. The van der Waals surface area contributed by atoms with Gasteiger partial charge in [-0.2, -0.15) is 0 Å². The van der Waals surface area contributed by atoms with E-state index in [2.05, 4.69) is 10.6 Å². The summed E-state index contributed by atoms with van der Waals surface area (Å²) in [5, 5.41) is 14.5. The van der Waals surface area contributed by atoms with Crippen molar-refractivity contribution in [2.75, 3.05) is 5.32 Å². The summed E-state index contributed by atoms with van der Waals surface area (Å²) in [6.45, 7) is 5.90. The van der Waals surface area contributed by atoms with Gasteiger partial charge in [0.1, 0.15) is 6.10 Å². The number of hydrogen-bond acceptors (Lipinski definition) is 4. The number of ether oxygens (including phenoxy) is 1. The molecule has 2 atom stereocenters. The zero-order valence-electron chi connectivity index (χ0n) is 14.7. The molecule has 2 amide bonds. The topological polar surface area (TPSA) is 105 Å². The predicted octanol–water partition coefficient (Wildman–Crippen LogP) is 2.18. The number of carbonyl (C=O) groups excluding carboxylic acids is 2. The molecule has 0 saturated carbocycles. The number of carboxylic acids is 1. The van der Waals surface area contributed by atoms with Crippen molar-refractivity contribution in [3.05, 3.63) is 29.8 Å². The van der Waals surface area contributed by atoms with Crippen molar-refractivity contribution in [3.8, 4) is 0 Å². The molecule has 1 fully saturated rings. The van der Waals surface area contributed by atoms with Crippen LogP contribution in [0.2, 0.25) is 0 Å². The summed E-state index contributed by atoms with van der Waals surface area (Å²) in [4.78, 5) is 35.2. The Morgan fingerprint density at radius 1 is 1.16 bits per heavy atom. The molecule has 0 unspecified atom stereocenters. The van der Waals surface area contributed by atoms with Gasteiger partial charge >= 0.3 is 5.97 Å². The molecule has 0 bridgehead atoms. The third kappa shape index (κ3) is 5.03. The monoisotopic (exact) mass is 348 g/mol. The smallest absolute Gasteiger partial charge is 0.332 e. The molecule has 1 aliphatic heterocycles. The van der Waals surface area contributed by atoms with Gasteiger partial charge in [0.15, 0.2) is 6.10 Å². The second kappa shape index (κ2) is 7.65. The van der Waals surface area contributed by atoms with Crippen LogP contribution in [0.1, 0.15) is 50.4 Å². The summed E-state index contributed by atoms with van der Waals surface area (Å²) >= 11 is 0. The highest BCUT2D eigenvalue weighted by Crippen LogP contribution is 2.21. The number of carboxylic acid groups (broad SMARTS) is 1. The van der Waals surface area contributed by atoms with E-state index in [0.29, 0.717) is 24.1 Å². The van der Waals surface area contributed by atoms with Crippen molar-refractivity contribution in [2.24, 2.45) is 0 Å². The molecule has 1 aromatic carbocycles. The van der Waals surface area contributed by atoms with Crippen molar-refractivity contribution in [2.45, 2.75) is 57.8 Å². The molecule has 0 aromatic heterocycles. The lowest BCUT2D eigenvalue weighted by Crippen LogP contribution is -2.42. The van der Waals surface area contributed by atoms with Crippen molar-refractivity contribution in [1.29, 1.82) is 0 Å². The Balaban J connectivity index is 1.93. The van der Waals surface area contributed by atoms with Gasteiger partial charge in [-0.05, 0) is 57.4 Å². The van der Waals surface area contributed by atoms with Crippen molar-refractivity contribution in [3.63, 3.8) is 0 Å². The third-order valence-electron chi connectivity index (χ3n) is 4.34. The second-order valence-electron chi connectivity index (χ2n) is 6.79. The minimum absolute atomic E-state index is 0.173. The predicted molar refractivity (Wildman–Crippen MR) is 92.4 cm³/mol. The minimum atomic E-state index is -1.05. The van der Waals surface area contributed by atoms with Crippen molar-refractivity contribution in [1.82, 2.24) is 5.32 Å². The van der Waals surface area contributed by atoms with E-state index in [1.165, 1.54) is 0 Å². The van der Waals surface area contributed by atoms with E-state index in [1.54, 1.807) is 24.3 Å². The molecule has 1 aliphatic rings. The van der Waals surface area contributed by atoms with E-state index >= 15 is 0 Å². The van der Waals surface area contributed by atoms with Gasteiger partial charge in [-0.25, -0.2) is 4.79 Å². The van der Waals surface area contributed by atoms with Crippen LogP contribution in [-0.2, 0) is 14.3 Å². The molecule has 7 nitrogen and oxygen atoms in total. The molecule has 136 valence electrons. The van der Waals surface area contributed by atoms with Gasteiger partial charge in [0, 0.05) is 16.8 Å². The number of benzene rings is 1. The van der Waals surface area contributed by atoms with Crippen LogP contribution in [0.3, 0.4) is 0 Å². The van der Waals surface area contributed by atoms with Gasteiger partial charge in [0.2, 0.25) is 0 Å². The van der Waals surface area contributed by atoms with Crippen LogP contribution in [0.25, 0.3) is 0 Å². The molecule has 1 saturated heterocycles. The van der Waals surface area contributed by atoms with Crippen LogP contribution in [0.4, 0.5) is 5.69 Å². The number of nitrogens with one attached hydrogen (secondary N) is 2. The van der Waals surface area contributed by atoms with Crippen LogP contribution in [-0.4, -0.2) is 40.6 Å². The first-order valence-electron chi connectivity index (χ1n) is 8.33. The molecular weight excluding hydrogens is 324 g/mol. The highest BCUT2D eigenvalue weighted by atomic mass is 16.5. The van der Waals surface area contributed by atoms with Crippen molar-refractivity contribution >= 4 is 23.5 Å². The number of amides is 2. The van der Waals surface area contributed by atoms with Crippen LogP contribution in [0, 0.1) is 0 Å². The molecule has 0 spiro atoms. The summed E-state index contributed by atoms with van der Waals surface area (Å²) in [6.07, 6.45) is -0.195. The average Bonchev–Trinajstić information content (AvgIpc) is 3.05. The van der Waals surface area contributed by atoms with E-state index in [4.69, 9.17) is 9.84 Å². The van der Waals surface area contributed by atoms with E-state index in [0.717, 1.165) is 6.42 Å². The first-order chi connectivity index (χ1) is 11.7. The van der Waals surface area contributed by atoms with E-state index in [1.807, 2.05) is 20.8 Å². The summed E-state index contributed by atoms with van der Waals surface area (Å²) in [5.74, 6) is -1.61. The van der Waals surface area contributed by atoms with E-state index < -0.39 is 18.2 Å². The van der Waals surface area contributed by atoms with E-state index in [-0.39, 0.29) is 17.4 Å². The standard InChI is InChI=1S/C18H24N2O5/c1-4-18(2,3)20-15(21)11-5-7-12(8-6-11)19-16(22)13-9-10-14(25-13)17(23)24/h5-8,13-14H,4,9-10H2,1-3H3,(H,19,22)(H,20,21)(H,23,24)/t13-,14+/m0/s1. The van der Waals surface area contributed by atoms with Crippen molar-refractivity contribution < 1.29 is 24.2 Å². The third-order valence-corrected chi connectivity index (χ3v) is 4.34. The summed E-state index contributed by atoms with van der Waals surface area (Å²) < 4.78 is 5.21. The Labute approximate surface area is 146 Å². The molecule has 25 heavy (non-hydrogen) atoms. The first-order valence-corrected chi connectivity index (χ1v) is 8.33. The molecule has 2 rings (SSSR count). The number of carbonyl (C=O) groups is 3. The fraction of sp³-hybridized carbons (Fsp3) is 0.500. The van der Waals surface area contributed by atoms with Crippen LogP contribution in [0.15, 0.2) is 24.3 Å². The fourth-order valence-electron chi connectivity index (χ4n) is 2.41. The second-order valence-corrected chi connectivity index (χ2v) is 6.79. The Morgan fingerprint density at radius 2 is 1.76 bits per heavy atom. The average molecular weight is 348 g/mol. The van der Waals surface area contributed by atoms with Crippen LogP contribution >= 0.6 is 0 Å². The Morgan fingerprint density at radius 3 is 2.28 bits per heavy atom. The van der Waals surface area contributed by atoms with Crippen LogP contribution < -0.4 is 10.6 Å². The molecule has 3 N–H and O–H groups in total. The quantitative estimate of drug-likeness (QED) is 0.731. The molecule has 1 heterocycles. The van der Waals surface area contributed by atoms with Crippen LogP contribution in [0.5, 0.6) is 0 Å². The highest BCUT2D eigenvalue weighted by Gasteiger charge is 2.34. The first kappa shape index (κ1) is 18.9.